The third-order valence-corrected chi connectivity index (χ3v) is 5.00. The molecule has 2 aromatic rings. The summed E-state index contributed by atoms with van der Waals surface area (Å²) in [6.45, 7) is 0. The quantitative estimate of drug-likeness (QED) is 0.763. The highest BCUT2D eigenvalue weighted by molar-refractivity contribution is 7.92. The van der Waals surface area contributed by atoms with Crippen LogP contribution in [0.25, 0.3) is 0 Å². The maximum Gasteiger partial charge on any atom is 0.337 e. The zero-order chi connectivity index (χ0) is 18.2. The van der Waals surface area contributed by atoms with E-state index in [-0.39, 0.29) is 15.7 Å². The number of benzene rings is 2. The smallest absolute Gasteiger partial charge is 0.337 e. The van der Waals surface area contributed by atoms with Gasteiger partial charge in [-0.1, -0.05) is 23.2 Å². The molecule has 0 spiro atoms. The maximum absolute atomic E-state index is 13.6. The van der Waals surface area contributed by atoms with Gasteiger partial charge >= 0.3 is 5.97 Å². The lowest BCUT2D eigenvalue weighted by atomic mass is 10.2. The first-order chi connectivity index (χ1) is 11.0. The fourth-order valence-corrected chi connectivity index (χ4v) is 3.25. The second kappa shape index (κ2) is 6.50. The van der Waals surface area contributed by atoms with E-state index >= 15 is 0 Å². The van der Waals surface area contributed by atoms with E-state index in [1.165, 1.54) is 0 Å². The average molecular weight is 400 g/mol. The van der Waals surface area contributed by atoms with Gasteiger partial charge < -0.3 is 5.11 Å². The van der Waals surface area contributed by atoms with E-state index in [0.29, 0.717) is 12.1 Å². The largest absolute Gasteiger partial charge is 0.478 e. The summed E-state index contributed by atoms with van der Waals surface area (Å²) >= 11 is 11.4. The molecular weight excluding hydrogens is 394 g/mol. The fourth-order valence-electron chi connectivity index (χ4n) is 1.73. The first-order valence-electron chi connectivity index (χ1n) is 5.93. The van der Waals surface area contributed by atoms with Crippen LogP contribution >= 0.6 is 23.2 Å². The highest BCUT2D eigenvalue weighted by Crippen LogP contribution is 2.31. The molecule has 24 heavy (non-hydrogen) atoms. The molecule has 2 aromatic carbocycles. The van der Waals surface area contributed by atoms with E-state index in [9.17, 15) is 26.4 Å². The van der Waals surface area contributed by atoms with Crippen LogP contribution in [0.2, 0.25) is 10.0 Å². The molecular formula is C13H6Cl2F3NO4S. The molecule has 0 saturated heterocycles. The second-order valence-corrected chi connectivity index (χ2v) is 6.84. The lowest BCUT2D eigenvalue weighted by Crippen LogP contribution is -2.16. The molecule has 2 N–H and O–H groups in total. The van der Waals surface area contributed by atoms with Crippen molar-refractivity contribution in [2.24, 2.45) is 0 Å². The van der Waals surface area contributed by atoms with Gasteiger partial charge in [0.15, 0.2) is 17.5 Å². The van der Waals surface area contributed by atoms with Crippen molar-refractivity contribution in [3.05, 3.63) is 57.3 Å². The fraction of sp³-hybridized carbons (Fsp3) is 0. The van der Waals surface area contributed by atoms with Crippen LogP contribution < -0.4 is 4.72 Å². The summed E-state index contributed by atoms with van der Waals surface area (Å²) in [5.74, 6) is -6.92. The van der Waals surface area contributed by atoms with Gasteiger partial charge in [0.05, 0.1) is 21.3 Å². The summed E-state index contributed by atoms with van der Waals surface area (Å²) < 4.78 is 65.7. The number of carboxylic acid groups (broad SMARTS) is 1. The van der Waals surface area contributed by atoms with Gasteiger partial charge in [-0.15, -0.1) is 0 Å². The lowest BCUT2D eigenvalue weighted by molar-refractivity contribution is 0.0697. The topological polar surface area (TPSA) is 83.5 Å². The van der Waals surface area contributed by atoms with Gasteiger partial charge in [-0.05, 0) is 24.3 Å². The molecule has 0 atom stereocenters. The van der Waals surface area contributed by atoms with Crippen molar-refractivity contribution in [1.82, 2.24) is 0 Å². The number of sulfonamides is 1. The van der Waals surface area contributed by atoms with Crippen LogP contribution in [0.1, 0.15) is 10.4 Å². The molecule has 0 bridgehead atoms. The SMILES string of the molecule is O=C(O)c1cc(NS(=O)(=O)c2ccc(F)c(F)c2F)cc(Cl)c1Cl. The average Bonchev–Trinajstić information content (AvgIpc) is 2.47. The van der Waals surface area contributed by atoms with Crippen LogP contribution in [0.3, 0.4) is 0 Å². The third kappa shape index (κ3) is 3.42. The van der Waals surface area contributed by atoms with Gasteiger partial charge in [0.1, 0.15) is 4.90 Å². The minimum Gasteiger partial charge on any atom is -0.478 e. The van der Waals surface area contributed by atoms with Gasteiger partial charge in [0.25, 0.3) is 10.0 Å². The zero-order valence-corrected chi connectivity index (χ0v) is 13.6. The summed E-state index contributed by atoms with van der Waals surface area (Å²) in [4.78, 5) is 9.86. The van der Waals surface area contributed by atoms with Crippen LogP contribution in [0, 0.1) is 17.5 Å². The van der Waals surface area contributed by atoms with E-state index in [1.54, 1.807) is 0 Å². The number of nitrogens with one attached hydrogen (secondary N) is 1. The molecule has 0 amide bonds. The Labute approximate surface area is 143 Å². The van der Waals surface area contributed by atoms with E-state index < -0.39 is 43.9 Å². The molecule has 0 unspecified atom stereocenters. The second-order valence-electron chi connectivity index (χ2n) is 4.40. The Balaban J connectivity index is 2.51. The third-order valence-electron chi connectivity index (χ3n) is 2.80. The number of anilines is 1. The highest BCUT2D eigenvalue weighted by Gasteiger charge is 2.25. The number of hydrogen-bond donors (Lipinski definition) is 2. The lowest BCUT2D eigenvalue weighted by Gasteiger charge is -2.11. The van der Waals surface area contributed by atoms with Gasteiger partial charge in [0.2, 0.25) is 0 Å². The molecule has 0 aliphatic carbocycles. The molecule has 0 radical (unpaired) electrons. The normalized spacial score (nSPS) is 11.4. The summed E-state index contributed by atoms with van der Waals surface area (Å²) in [6, 6.07) is 2.77. The van der Waals surface area contributed by atoms with E-state index in [0.717, 1.165) is 12.1 Å². The summed E-state index contributed by atoms with van der Waals surface area (Å²) in [6.07, 6.45) is 0. The Hall–Kier alpha value is -1.97. The Morgan fingerprint density at radius 3 is 2.29 bits per heavy atom. The standard InChI is InChI=1S/C13H6Cl2F3NO4S/c14-7-4-5(3-6(10(7)15)13(20)21)19-24(22,23)9-2-1-8(16)11(17)12(9)18/h1-4,19H,(H,20,21). The van der Waals surface area contributed by atoms with Gasteiger partial charge in [-0.2, -0.15) is 0 Å². The summed E-state index contributed by atoms with van der Waals surface area (Å²) in [7, 11) is -4.68. The van der Waals surface area contributed by atoms with Gasteiger partial charge in [-0.3, -0.25) is 4.72 Å². The van der Waals surface area contributed by atoms with Crippen LogP contribution in [0.4, 0.5) is 18.9 Å². The van der Waals surface area contributed by atoms with Crippen LogP contribution in [-0.2, 0) is 10.0 Å². The number of hydrogen-bond acceptors (Lipinski definition) is 3. The first-order valence-corrected chi connectivity index (χ1v) is 8.17. The van der Waals surface area contributed by atoms with Crippen molar-refractivity contribution in [3.63, 3.8) is 0 Å². The molecule has 0 heterocycles. The minimum absolute atomic E-state index is 0.278. The van der Waals surface area contributed by atoms with Crippen molar-refractivity contribution in [1.29, 1.82) is 0 Å². The molecule has 128 valence electrons. The Morgan fingerprint density at radius 1 is 1.08 bits per heavy atom. The number of carboxylic acids is 1. The predicted molar refractivity (Wildman–Crippen MR) is 80.5 cm³/mol. The molecule has 0 saturated carbocycles. The van der Waals surface area contributed by atoms with Crippen molar-refractivity contribution < 1.29 is 31.5 Å². The Kier molecular flexibility index (Phi) is 4.97. The van der Waals surface area contributed by atoms with Crippen molar-refractivity contribution >= 4 is 44.9 Å². The maximum atomic E-state index is 13.6. The Bertz CT molecular complexity index is 951. The van der Waals surface area contributed by atoms with E-state index in [1.807, 2.05) is 4.72 Å². The first kappa shape index (κ1) is 18.4. The molecule has 2 rings (SSSR count). The number of halogens is 5. The predicted octanol–water partition coefficient (Wildman–Crippen LogP) is 3.91. The van der Waals surface area contributed by atoms with E-state index in [4.69, 9.17) is 28.3 Å². The van der Waals surface area contributed by atoms with Gasteiger partial charge in [-0.25, -0.2) is 26.4 Å². The molecule has 5 nitrogen and oxygen atoms in total. The minimum atomic E-state index is -4.68. The number of carbonyl (C=O) groups is 1. The zero-order valence-electron chi connectivity index (χ0n) is 11.3. The molecule has 0 aliphatic rings. The molecule has 11 heteroatoms. The number of aromatic carboxylic acids is 1. The van der Waals surface area contributed by atoms with Crippen LogP contribution in [0.5, 0.6) is 0 Å². The van der Waals surface area contributed by atoms with E-state index in [2.05, 4.69) is 0 Å². The van der Waals surface area contributed by atoms with Crippen molar-refractivity contribution in [3.8, 4) is 0 Å². The van der Waals surface area contributed by atoms with Crippen molar-refractivity contribution in [2.45, 2.75) is 4.90 Å². The monoisotopic (exact) mass is 399 g/mol. The summed E-state index contributed by atoms with van der Waals surface area (Å²) in [5, 5.41) is 8.36. The number of rotatable bonds is 4. The highest BCUT2D eigenvalue weighted by atomic mass is 35.5. The molecule has 0 fully saturated rings. The van der Waals surface area contributed by atoms with Gasteiger partial charge in [0, 0.05) is 0 Å². The van der Waals surface area contributed by atoms with Crippen LogP contribution in [-0.4, -0.2) is 19.5 Å². The molecule has 0 aliphatic heterocycles. The van der Waals surface area contributed by atoms with Crippen LogP contribution in [0.15, 0.2) is 29.2 Å². The molecule has 0 aromatic heterocycles. The Morgan fingerprint density at radius 2 is 1.71 bits per heavy atom. The van der Waals surface area contributed by atoms with Crippen molar-refractivity contribution in [2.75, 3.05) is 4.72 Å². The summed E-state index contributed by atoms with van der Waals surface area (Å²) in [5.41, 5.74) is -0.862.